The van der Waals surface area contributed by atoms with Gasteiger partial charge in [0.15, 0.2) is 0 Å². The first kappa shape index (κ1) is 13.2. The van der Waals surface area contributed by atoms with Gasteiger partial charge in [0.2, 0.25) is 0 Å². The van der Waals surface area contributed by atoms with Crippen molar-refractivity contribution in [1.29, 1.82) is 0 Å². The maximum absolute atomic E-state index is 10.9. The molecular weight excluding hydrogens is 184 g/mol. The fraction of sp³-hybridized carbons (Fsp3) is 0.889. The van der Waals surface area contributed by atoms with Gasteiger partial charge in [-0.2, -0.15) is 0 Å². The van der Waals surface area contributed by atoms with E-state index in [9.17, 15) is 4.79 Å². The van der Waals surface area contributed by atoms with Crippen molar-refractivity contribution in [2.45, 2.75) is 0 Å². The summed E-state index contributed by atoms with van der Waals surface area (Å²) in [5.74, 6) is 0. The zero-order valence-electron chi connectivity index (χ0n) is 9.45. The minimum absolute atomic E-state index is 0.310. The SMILES string of the molecule is CN(C)CCOCCOC(=O)N(C)C. The Morgan fingerprint density at radius 1 is 1.07 bits per heavy atom. The zero-order chi connectivity index (χ0) is 11.0. The molecule has 14 heavy (non-hydrogen) atoms. The van der Waals surface area contributed by atoms with Crippen LogP contribution in [0.1, 0.15) is 0 Å². The second-order valence-corrected chi connectivity index (χ2v) is 3.42. The van der Waals surface area contributed by atoms with Gasteiger partial charge in [-0.25, -0.2) is 4.79 Å². The van der Waals surface area contributed by atoms with E-state index in [4.69, 9.17) is 9.47 Å². The summed E-state index contributed by atoms with van der Waals surface area (Å²) in [6.45, 7) is 2.30. The Bertz CT molecular complexity index is 160. The van der Waals surface area contributed by atoms with E-state index in [1.165, 1.54) is 4.90 Å². The van der Waals surface area contributed by atoms with Crippen LogP contribution in [0.25, 0.3) is 0 Å². The van der Waals surface area contributed by atoms with E-state index < -0.39 is 0 Å². The highest BCUT2D eigenvalue weighted by molar-refractivity contribution is 5.66. The van der Waals surface area contributed by atoms with Gasteiger partial charge in [0.1, 0.15) is 6.61 Å². The first-order chi connectivity index (χ1) is 6.54. The molecular formula is C9H20N2O3. The van der Waals surface area contributed by atoms with Crippen LogP contribution in [0.4, 0.5) is 4.79 Å². The molecule has 0 N–H and O–H groups in total. The van der Waals surface area contributed by atoms with Gasteiger partial charge in [-0.15, -0.1) is 0 Å². The fourth-order valence-corrected chi connectivity index (χ4v) is 0.666. The molecule has 0 aliphatic heterocycles. The molecule has 1 amide bonds. The van der Waals surface area contributed by atoms with Crippen LogP contribution in [0.2, 0.25) is 0 Å². The van der Waals surface area contributed by atoms with Gasteiger partial charge in [-0.05, 0) is 14.1 Å². The lowest BCUT2D eigenvalue weighted by Gasteiger charge is -2.12. The number of rotatable bonds is 6. The Labute approximate surface area is 85.6 Å². The normalized spacial score (nSPS) is 10.4. The molecule has 0 unspecified atom stereocenters. The zero-order valence-corrected chi connectivity index (χ0v) is 9.45. The molecule has 5 heteroatoms. The molecule has 0 aromatic heterocycles. The van der Waals surface area contributed by atoms with Crippen LogP contribution in [0.3, 0.4) is 0 Å². The quantitative estimate of drug-likeness (QED) is 0.582. The van der Waals surface area contributed by atoms with Crippen molar-refractivity contribution in [3.8, 4) is 0 Å². The first-order valence-corrected chi connectivity index (χ1v) is 4.60. The maximum atomic E-state index is 10.9. The molecule has 0 bridgehead atoms. The third-order valence-electron chi connectivity index (χ3n) is 1.50. The Hall–Kier alpha value is -0.810. The van der Waals surface area contributed by atoms with Gasteiger partial charge in [-0.3, -0.25) is 0 Å². The van der Waals surface area contributed by atoms with Crippen molar-refractivity contribution in [2.24, 2.45) is 0 Å². The number of amides is 1. The van der Waals surface area contributed by atoms with E-state index in [2.05, 4.69) is 0 Å². The molecule has 84 valence electrons. The van der Waals surface area contributed by atoms with Crippen molar-refractivity contribution >= 4 is 6.09 Å². The average Bonchev–Trinajstić information content (AvgIpc) is 2.09. The molecule has 0 atom stereocenters. The summed E-state index contributed by atoms with van der Waals surface area (Å²) < 4.78 is 10.1. The number of hydrogen-bond acceptors (Lipinski definition) is 4. The minimum Gasteiger partial charge on any atom is -0.447 e. The predicted octanol–water partition coefficient (Wildman–Crippen LogP) is 0.263. The van der Waals surface area contributed by atoms with E-state index in [1.54, 1.807) is 14.1 Å². The van der Waals surface area contributed by atoms with Gasteiger partial charge < -0.3 is 19.3 Å². The van der Waals surface area contributed by atoms with Crippen LogP contribution in [0, 0.1) is 0 Å². The Balaban J connectivity index is 3.18. The largest absolute Gasteiger partial charge is 0.447 e. The van der Waals surface area contributed by atoms with Gasteiger partial charge in [-0.1, -0.05) is 0 Å². The molecule has 0 spiro atoms. The van der Waals surface area contributed by atoms with Crippen molar-refractivity contribution < 1.29 is 14.3 Å². The standard InChI is InChI=1S/C9H20N2O3/c1-10(2)5-6-13-7-8-14-9(12)11(3)4/h5-8H2,1-4H3. The Kier molecular flexibility index (Phi) is 7.14. The number of ether oxygens (including phenoxy) is 2. The van der Waals surface area contributed by atoms with Gasteiger partial charge in [0.25, 0.3) is 0 Å². The highest BCUT2D eigenvalue weighted by Gasteiger charge is 2.02. The second-order valence-electron chi connectivity index (χ2n) is 3.42. The maximum Gasteiger partial charge on any atom is 0.409 e. The second kappa shape index (κ2) is 7.58. The molecule has 0 fully saturated rings. The fourth-order valence-electron chi connectivity index (χ4n) is 0.666. The number of carbonyl (C=O) groups excluding carboxylic acids is 1. The van der Waals surface area contributed by atoms with Crippen molar-refractivity contribution in [1.82, 2.24) is 9.80 Å². The molecule has 0 aliphatic rings. The van der Waals surface area contributed by atoms with Crippen molar-refractivity contribution in [2.75, 3.05) is 54.6 Å². The molecule has 0 heterocycles. The molecule has 0 saturated heterocycles. The molecule has 0 rings (SSSR count). The van der Waals surface area contributed by atoms with E-state index in [0.717, 1.165) is 6.54 Å². The number of hydrogen-bond donors (Lipinski definition) is 0. The summed E-state index contributed by atoms with van der Waals surface area (Å²) >= 11 is 0. The smallest absolute Gasteiger partial charge is 0.409 e. The molecule has 5 nitrogen and oxygen atoms in total. The van der Waals surface area contributed by atoms with Gasteiger partial charge in [0.05, 0.1) is 13.2 Å². The molecule has 0 aliphatic carbocycles. The summed E-state index contributed by atoms with van der Waals surface area (Å²) in [7, 11) is 7.26. The Morgan fingerprint density at radius 2 is 1.71 bits per heavy atom. The minimum atomic E-state index is -0.332. The van der Waals surface area contributed by atoms with E-state index in [-0.39, 0.29) is 6.09 Å². The Morgan fingerprint density at radius 3 is 2.21 bits per heavy atom. The van der Waals surface area contributed by atoms with Gasteiger partial charge in [0, 0.05) is 20.6 Å². The summed E-state index contributed by atoms with van der Waals surface area (Å²) in [6.07, 6.45) is -0.332. The third-order valence-corrected chi connectivity index (χ3v) is 1.50. The summed E-state index contributed by atoms with van der Waals surface area (Å²) in [4.78, 5) is 14.3. The molecule has 0 aromatic carbocycles. The van der Waals surface area contributed by atoms with E-state index in [1.807, 2.05) is 19.0 Å². The molecule has 0 aromatic rings. The highest BCUT2D eigenvalue weighted by atomic mass is 16.6. The van der Waals surface area contributed by atoms with Crippen molar-refractivity contribution in [3.63, 3.8) is 0 Å². The van der Waals surface area contributed by atoms with Crippen LogP contribution in [-0.2, 0) is 9.47 Å². The molecule has 0 saturated carbocycles. The van der Waals surface area contributed by atoms with Crippen LogP contribution >= 0.6 is 0 Å². The number of likely N-dealkylation sites (N-methyl/N-ethyl adjacent to an activating group) is 1. The number of nitrogens with zero attached hydrogens (tertiary/aromatic N) is 2. The lowest BCUT2D eigenvalue weighted by molar-refractivity contribution is 0.0564. The van der Waals surface area contributed by atoms with Crippen LogP contribution < -0.4 is 0 Å². The summed E-state index contributed by atoms with van der Waals surface area (Å²) in [5.41, 5.74) is 0. The summed E-state index contributed by atoms with van der Waals surface area (Å²) in [5, 5.41) is 0. The van der Waals surface area contributed by atoms with Crippen LogP contribution in [0.5, 0.6) is 0 Å². The van der Waals surface area contributed by atoms with Gasteiger partial charge >= 0.3 is 6.09 Å². The highest BCUT2D eigenvalue weighted by Crippen LogP contribution is 1.86. The predicted molar refractivity (Wildman–Crippen MR) is 54.4 cm³/mol. The van der Waals surface area contributed by atoms with E-state index in [0.29, 0.717) is 19.8 Å². The average molecular weight is 204 g/mol. The van der Waals surface area contributed by atoms with E-state index >= 15 is 0 Å². The molecule has 0 radical (unpaired) electrons. The monoisotopic (exact) mass is 204 g/mol. The third kappa shape index (κ3) is 7.82. The first-order valence-electron chi connectivity index (χ1n) is 4.60. The van der Waals surface area contributed by atoms with Crippen LogP contribution in [0.15, 0.2) is 0 Å². The van der Waals surface area contributed by atoms with Crippen molar-refractivity contribution in [3.05, 3.63) is 0 Å². The summed E-state index contributed by atoms with van der Waals surface area (Å²) in [6, 6.07) is 0. The topological polar surface area (TPSA) is 42.0 Å². The lowest BCUT2D eigenvalue weighted by Crippen LogP contribution is -2.25. The lowest BCUT2D eigenvalue weighted by atomic mass is 10.6. The van der Waals surface area contributed by atoms with Crippen LogP contribution in [-0.4, -0.2) is 70.4 Å². The number of carbonyl (C=O) groups is 1.